The Kier molecular flexibility index (Phi) is 3.42. The van der Waals surface area contributed by atoms with Crippen LogP contribution in [0.25, 0.3) is 0 Å². The first-order valence-corrected chi connectivity index (χ1v) is 6.42. The SMILES string of the molecule is O=C1CN(c2ccc(Oc3ccccc3)cc2)NC(=O)N1. The summed E-state index contributed by atoms with van der Waals surface area (Å²) in [6.07, 6.45) is 0. The predicted octanol–water partition coefficient (Wildman–Crippen LogP) is 2.04. The molecule has 1 aliphatic rings. The monoisotopic (exact) mass is 283 g/mol. The Bertz CT molecular complexity index is 640. The molecule has 6 heteroatoms. The number of carbonyl (C=O) groups excluding carboxylic acids is 2. The summed E-state index contributed by atoms with van der Waals surface area (Å²) in [5.41, 5.74) is 3.26. The summed E-state index contributed by atoms with van der Waals surface area (Å²) in [4.78, 5) is 22.6. The van der Waals surface area contributed by atoms with Crippen LogP contribution in [0.5, 0.6) is 11.5 Å². The molecule has 1 fully saturated rings. The molecule has 0 spiro atoms. The van der Waals surface area contributed by atoms with Gasteiger partial charge in [-0.05, 0) is 36.4 Å². The van der Waals surface area contributed by atoms with Gasteiger partial charge in [0.25, 0.3) is 0 Å². The van der Waals surface area contributed by atoms with Gasteiger partial charge in [0.15, 0.2) is 0 Å². The lowest BCUT2D eigenvalue weighted by atomic mass is 10.3. The minimum absolute atomic E-state index is 0.0740. The average Bonchev–Trinajstić information content (AvgIpc) is 2.48. The van der Waals surface area contributed by atoms with E-state index >= 15 is 0 Å². The molecule has 1 saturated heterocycles. The summed E-state index contributed by atoms with van der Waals surface area (Å²) in [5.74, 6) is 1.08. The molecule has 2 N–H and O–H groups in total. The van der Waals surface area contributed by atoms with Crippen LogP contribution < -0.4 is 20.5 Å². The van der Waals surface area contributed by atoms with Gasteiger partial charge in [0, 0.05) is 0 Å². The summed E-state index contributed by atoms with van der Waals surface area (Å²) in [6, 6.07) is 16.0. The van der Waals surface area contributed by atoms with E-state index in [9.17, 15) is 9.59 Å². The van der Waals surface area contributed by atoms with Crippen molar-refractivity contribution in [1.29, 1.82) is 0 Å². The van der Waals surface area contributed by atoms with E-state index in [4.69, 9.17) is 4.74 Å². The molecule has 106 valence electrons. The molecule has 1 aliphatic heterocycles. The van der Waals surface area contributed by atoms with Crippen LogP contribution in [-0.2, 0) is 4.79 Å². The molecule has 1 heterocycles. The van der Waals surface area contributed by atoms with Crippen LogP contribution in [0.1, 0.15) is 0 Å². The van der Waals surface area contributed by atoms with Crippen molar-refractivity contribution in [1.82, 2.24) is 10.7 Å². The summed E-state index contributed by atoms with van der Waals surface area (Å²) in [5, 5.41) is 3.65. The van der Waals surface area contributed by atoms with Gasteiger partial charge in [-0.3, -0.25) is 15.1 Å². The van der Waals surface area contributed by atoms with Gasteiger partial charge in [-0.2, -0.15) is 0 Å². The Morgan fingerprint density at radius 3 is 2.24 bits per heavy atom. The van der Waals surface area contributed by atoms with Crippen LogP contribution in [0.3, 0.4) is 0 Å². The third-order valence-electron chi connectivity index (χ3n) is 2.92. The maximum atomic E-state index is 11.3. The lowest BCUT2D eigenvalue weighted by molar-refractivity contribution is -0.119. The number of para-hydroxylation sites is 1. The predicted molar refractivity (Wildman–Crippen MR) is 77.0 cm³/mol. The molecule has 21 heavy (non-hydrogen) atoms. The summed E-state index contributed by atoms with van der Waals surface area (Å²) in [6.45, 7) is 0.0740. The number of hydrogen-bond donors (Lipinski definition) is 2. The van der Waals surface area contributed by atoms with Gasteiger partial charge in [-0.25, -0.2) is 10.2 Å². The number of carbonyl (C=O) groups is 2. The summed E-state index contributed by atoms with van der Waals surface area (Å²) < 4.78 is 5.68. The molecule has 0 aromatic heterocycles. The fourth-order valence-corrected chi connectivity index (χ4v) is 1.97. The van der Waals surface area contributed by atoms with Crippen LogP contribution in [-0.4, -0.2) is 18.5 Å². The Balaban J connectivity index is 1.72. The zero-order chi connectivity index (χ0) is 14.7. The maximum absolute atomic E-state index is 11.3. The van der Waals surface area contributed by atoms with Crippen LogP contribution in [0.4, 0.5) is 10.5 Å². The highest BCUT2D eigenvalue weighted by molar-refractivity contribution is 6.00. The Hall–Kier alpha value is -3.02. The Labute approximate surface area is 121 Å². The molecular formula is C15H13N3O3. The molecule has 0 unspecified atom stereocenters. The van der Waals surface area contributed by atoms with Gasteiger partial charge in [0.2, 0.25) is 5.91 Å². The summed E-state index contributed by atoms with van der Waals surface area (Å²) >= 11 is 0. The zero-order valence-corrected chi connectivity index (χ0v) is 11.1. The van der Waals surface area contributed by atoms with Crippen LogP contribution in [0, 0.1) is 0 Å². The number of nitrogens with zero attached hydrogens (tertiary/aromatic N) is 1. The van der Waals surface area contributed by atoms with Crippen LogP contribution in [0.15, 0.2) is 54.6 Å². The Morgan fingerprint density at radius 1 is 0.905 bits per heavy atom. The first-order valence-electron chi connectivity index (χ1n) is 6.42. The van der Waals surface area contributed by atoms with Gasteiger partial charge in [0.05, 0.1) is 5.69 Å². The highest BCUT2D eigenvalue weighted by Gasteiger charge is 2.21. The third-order valence-corrected chi connectivity index (χ3v) is 2.92. The number of benzene rings is 2. The number of ether oxygens (including phenoxy) is 1. The van der Waals surface area contributed by atoms with Gasteiger partial charge in [-0.15, -0.1) is 0 Å². The normalized spacial score (nSPS) is 14.4. The van der Waals surface area contributed by atoms with E-state index in [1.54, 1.807) is 24.3 Å². The van der Waals surface area contributed by atoms with Crippen molar-refractivity contribution in [2.45, 2.75) is 0 Å². The smallest absolute Gasteiger partial charge is 0.340 e. The first-order chi connectivity index (χ1) is 10.2. The second kappa shape index (κ2) is 5.54. The molecule has 0 radical (unpaired) electrons. The number of hydrogen-bond acceptors (Lipinski definition) is 4. The molecule has 3 amide bonds. The van der Waals surface area contributed by atoms with Gasteiger partial charge in [-0.1, -0.05) is 18.2 Å². The van der Waals surface area contributed by atoms with E-state index < -0.39 is 6.03 Å². The minimum atomic E-state index is -0.532. The van der Waals surface area contributed by atoms with Crippen molar-refractivity contribution >= 4 is 17.6 Å². The molecule has 0 atom stereocenters. The Morgan fingerprint density at radius 2 is 1.57 bits per heavy atom. The van der Waals surface area contributed by atoms with Crippen LogP contribution in [0.2, 0.25) is 0 Å². The fraction of sp³-hybridized carbons (Fsp3) is 0.0667. The van der Waals surface area contributed by atoms with Gasteiger partial charge >= 0.3 is 6.03 Å². The van der Waals surface area contributed by atoms with Crippen molar-refractivity contribution in [3.8, 4) is 11.5 Å². The average molecular weight is 283 g/mol. The number of urea groups is 1. The largest absolute Gasteiger partial charge is 0.457 e. The lowest BCUT2D eigenvalue weighted by Gasteiger charge is -2.28. The molecule has 0 bridgehead atoms. The highest BCUT2D eigenvalue weighted by atomic mass is 16.5. The number of nitrogens with one attached hydrogen (secondary N) is 2. The number of imide groups is 1. The fourth-order valence-electron chi connectivity index (χ4n) is 1.97. The molecule has 0 saturated carbocycles. The molecule has 2 aromatic rings. The number of anilines is 1. The van der Waals surface area contributed by atoms with E-state index in [1.807, 2.05) is 30.3 Å². The van der Waals surface area contributed by atoms with Crippen molar-refractivity contribution in [3.05, 3.63) is 54.6 Å². The van der Waals surface area contributed by atoms with Crippen molar-refractivity contribution in [2.24, 2.45) is 0 Å². The lowest BCUT2D eigenvalue weighted by Crippen LogP contribution is -2.59. The molecule has 2 aromatic carbocycles. The second-order valence-electron chi connectivity index (χ2n) is 4.48. The topological polar surface area (TPSA) is 70.7 Å². The minimum Gasteiger partial charge on any atom is -0.457 e. The molecule has 3 rings (SSSR count). The third kappa shape index (κ3) is 3.11. The molecule has 0 aliphatic carbocycles. The van der Waals surface area contributed by atoms with E-state index in [1.165, 1.54) is 5.01 Å². The van der Waals surface area contributed by atoms with E-state index in [0.717, 1.165) is 5.75 Å². The quantitative estimate of drug-likeness (QED) is 0.904. The standard InChI is InChI=1S/C15H13N3O3/c19-14-10-18(17-15(20)16-14)11-6-8-13(9-7-11)21-12-4-2-1-3-5-12/h1-9H,10H2,(H2,16,17,19,20). The van der Waals surface area contributed by atoms with Crippen molar-refractivity contribution < 1.29 is 14.3 Å². The van der Waals surface area contributed by atoms with E-state index in [-0.39, 0.29) is 12.5 Å². The number of amides is 3. The van der Waals surface area contributed by atoms with Crippen molar-refractivity contribution in [2.75, 3.05) is 11.6 Å². The first kappa shape index (κ1) is 13.0. The van der Waals surface area contributed by atoms with Gasteiger partial charge in [0.1, 0.15) is 18.0 Å². The number of hydrazine groups is 1. The number of rotatable bonds is 3. The molecular weight excluding hydrogens is 270 g/mol. The highest BCUT2D eigenvalue weighted by Crippen LogP contribution is 2.23. The zero-order valence-electron chi connectivity index (χ0n) is 11.1. The molecule has 6 nitrogen and oxygen atoms in total. The summed E-state index contributed by atoms with van der Waals surface area (Å²) in [7, 11) is 0. The maximum Gasteiger partial charge on any atom is 0.340 e. The van der Waals surface area contributed by atoms with E-state index in [0.29, 0.717) is 11.4 Å². The van der Waals surface area contributed by atoms with Crippen molar-refractivity contribution in [3.63, 3.8) is 0 Å². The van der Waals surface area contributed by atoms with Gasteiger partial charge < -0.3 is 4.74 Å². The van der Waals surface area contributed by atoms with Crippen LogP contribution >= 0.6 is 0 Å². The van der Waals surface area contributed by atoms with E-state index in [2.05, 4.69) is 10.7 Å². The second-order valence-corrected chi connectivity index (χ2v) is 4.48.